The first-order valence-electron chi connectivity index (χ1n) is 10.7. The van der Waals surface area contributed by atoms with Crippen molar-refractivity contribution in [3.8, 4) is 5.82 Å². The van der Waals surface area contributed by atoms with Crippen LogP contribution in [0.5, 0.6) is 0 Å². The molecule has 1 amide bonds. The summed E-state index contributed by atoms with van der Waals surface area (Å²) >= 11 is 0. The van der Waals surface area contributed by atoms with Crippen LogP contribution < -0.4 is 5.32 Å². The van der Waals surface area contributed by atoms with Crippen LogP contribution in [0.15, 0.2) is 42.9 Å². The van der Waals surface area contributed by atoms with E-state index in [9.17, 15) is 4.79 Å². The Kier molecular flexibility index (Phi) is 4.97. The molecule has 8 heteroatoms. The Hall–Kier alpha value is -3.55. The largest absolute Gasteiger partial charge is 0.352 e. The summed E-state index contributed by atoms with van der Waals surface area (Å²) in [4.78, 5) is 22.5. The highest BCUT2D eigenvalue weighted by Crippen LogP contribution is 2.40. The maximum atomic E-state index is 13.2. The third-order valence-corrected chi connectivity index (χ3v) is 5.63. The van der Waals surface area contributed by atoms with Crippen LogP contribution in [0.25, 0.3) is 16.9 Å². The van der Waals surface area contributed by atoms with Crippen LogP contribution in [0.2, 0.25) is 0 Å². The zero-order valence-corrected chi connectivity index (χ0v) is 17.7. The maximum absolute atomic E-state index is 13.2. The van der Waals surface area contributed by atoms with E-state index in [-0.39, 0.29) is 5.91 Å². The van der Waals surface area contributed by atoms with E-state index in [0.29, 0.717) is 29.5 Å². The quantitative estimate of drug-likeness (QED) is 0.469. The summed E-state index contributed by atoms with van der Waals surface area (Å²) < 4.78 is 3.54. The first-order valence-corrected chi connectivity index (χ1v) is 10.7. The van der Waals surface area contributed by atoms with Crippen LogP contribution in [0.3, 0.4) is 0 Å². The van der Waals surface area contributed by atoms with Gasteiger partial charge in [-0.2, -0.15) is 14.9 Å². The van der Waals surface area contributed by atoms with Gasteiger partial charge in [-0.05, 0) is 56.4 Å². The average molecular weight is 416 g/mol. The topological polar surface area (TPSA) is 90.5 Å². The van der Waals surface area contributed by atoms with E-state index >= 15 is 0 Å². The van der Waals surface area contributed by atoms with E-state index in [4.69, 9.17) is 4.98 Å². The number of amides is 1. The molecule has 158 valence electrons. The molecule has 4 aromatic heterocycles. The van der Waals surface area contributed by atoms with E-state index in [2.05, 4.69) is 20.5 Å². The second-order valence-electron chi connectivity index (χ2n) is 8.13. The summed E-state index contributed by atoms with van der Waals surface area (Å²) in [6, 6.07) is 7.64. The van der Waals surface area contributed by atoms with Gasteiger partial charge >= 0.3 is 0 Å². The van der Waals surface area contributed by atoms with E-state index in [1.807, 2.05) is 50.6 Å². The molecular weight excluding hydrogens is 390 g/mol. The van der Waals surface area contributed by atoms with Crippen molar-refractivity contribution in [2.45, 2.75) is 38.5 Å². The molecular formula is C23H25N7O. The van der Waals surface area contributed by atoms with Crippen molar-refractivity contribution in [2.75, 3.05) is 6.54 Å². The molecule has 31 heavy (non-hydrogen) atoms. The minimum atomic E-state index is -0.0795. The average Bonchev–Trinajstić information content (AvgIpc) is 3.48. The summed E-state index contributed by atoms with van der Waals surface area (Å²) in [7, 11) is 1.91. The number of nitrogens with one attached hydrogen (secondary N) is 1. The Balaban J connectivity index is 1.43. The molecule has 1 N–H and O–H groups in total. The maximum Gasteiger partial charge on any atom is 0.252 e. The number of aromatic nitrogens is 6. The zero-order chi connectivity index (χ0) is 21.4. The zero-order valence-electron chi connectivity index (χ0n) is 17.7. The van der Waals surface area contributed by atoms with Gasteiger partial charge < -0.3 is 5.32 Å². The third kappa shape index (κ3) is 3.93. The molecule has 0 bridgehead atoms. The first-order chi connectivity index (χ1) is 15.1. The van der Waals surface area contributed by atoms with Gasteiger partial charge in [0.05, 0.1) is 22.8 Å². The minimum Gasteiger partial charge on any atom is -0.352 e. The fraction of sp³-hybridized carbons (Fsp3) is 0.348. The second-order valence-corrected chi connectivity index (χ2v) is 8.13. The van der Waals surface area contributed by atoms with Crippen LogP contribution in [-0.4, -0.2) is 42.0 Å². The van der Waals surface area contributed by atoms with Crippen molar-refractivity contribution >= 4 is 16.9 Å². The Bertz CT molecular complexity index is 1240. The Morgan fingerprint density at radius 2 is 2.16 bits per heavy atom. The predicted octanol–water partition coefficient (Wildman–Crippen LogP) is 3.10. The molecule has 0 radical (unpaired) electrons. The van der Waals surface area contributed by atoms with Gasteiger partial charge in [-0.1, -0.05) is 6.07 Å². The molecule has 1 saturated carbocycles. The van der Waals surface area contributed by atoms with Crippen molar-refractivity contribution in [3.05, 3.63) is 65.4 Å². The number of carbonyl (C=O) groups is 1. The highest BCUT2D eigenvalue weighted by atomic mass is 16.1. The monoisotopic (exact) mass is 415 g/mol. The van der Waals surface area contributed by atoms with Gasteiger partial charge in [0, 0.05) is 37.6 Å². The van der Waals surface area contributed by atoms with E-state index in [1.165, 1.54) is 5.56 Å². The van der Waals surface area contributed by atoms with Crippen LogP contribution in [0.4, 0.5) is 0 Å². The summed E-state index contributed by atoms with van der Waals surface area (Å²) in [5, 5.41) is 12.7. The Morgan fingerprint density at radius 1 is 1.29 bits per heavy atom. The predicted molar refractivity (Wildman–Crippen MR) is 117 cm³/mol. The molecule has 0 saturated heterocycles. The van der Waals surface area contributed by atoms with Crippen molar-refractivity contribution < 1.29 is 4.79 Å². The molecule has 0 atom stereocenters. The van der Waals surface area contributed by atoms with Crippen LogP contribution >= 0.6 is 0 Å². The van der Waals surface area contributed by atoms with Gasteiger partial charge in [0.15, 0.2) is 11.5 Å². The number of aryl methyl sites for hydroxylation is 3. The van der Waals surface area contributed by atoms with Crippen molar-refractivity contribution in [2.24, 2.45) is 7.05 Å². The summed E-state index contributed by atoms with van der Waals surface area (Å²) in [5.41, 5.74) is 4.25. The standard InChI is InChI=1S/C23H25N7O/c1-15-21-18(23(31)25-11-5-6-16-13-26-29(2)14-16)12-19(17-8-9-17)27-22(21)30(28-15)20-7-3-4-10-24-20/h3-4,7,10,12-14,17H,5-6,8-9,11H2,1-2H3,(H,25,31). The fourth-order valence-corrected chi connectivity index (χ4v) is 3.90. The summed E-state index contributed by atoms with van der Waals surface area (Å²) in [5.74, 6) is 1.04. The summed E-state index contributed by atoms with van der Waals surface area (Å²) in [6.45, 7) is 2.52. The lowest BCUT2D eigenvalue weighted by atomic mass is 10.1. The van der Waals surface area contributed by atoms with Crippen LogP contribution in [0, 0.1) is 6.92 Å². The number of nitrogens with zero attached hydrogens (tertiary/aromatic N) is 6. The molecule has 1 aliphatic rings. The molecule has 1 fully saturated rings. The number of fused-ring (bicyclic) bond motifs is 1. The molecule has 4 aromatic rings. The van der Waals surface area contributed by atoms with Crippen molar-refractivity contribution in [1.29, 1.82) is 0 Å². The number of rotatable bonds is 7. The number of hydrogen-bond acceptors (Lipinski definition) is 5. The lowest BCUT2D eigenvalue weighted by Gasteiger charge is -2.09. The normalized spacial score (nSPS) is 13.6. The van der Waals surface area contributed by atoms with E-state index in [0.717, 1.165) is 42.5 Å². The lowest BCUT2D eigenvalue weighted by Crippen LogP contribution is -2.25. The Labute approximate surface area is 180 Å². The molecule has 8 nitrogen and oxygen atoms in total. The number of pyridine rings is 2. The van der Waals surface area contributed by atoms with Gasteiger partial charge in [-0.3, -0.25) is 9.48 Å². The van der Waals surface area contributed by atoms with Gasteiger partial charge in [0.2, 0.25) is 0 Å². The molecule has 5 rings (SSSR count). The number of hydrogen-bond donors (Lipinski definition) is 1. The lowest BCUT2D eigenvalue weighted by molar-refractivity contribution is 0.0954. The smallest absolute Gasteiger partial charge is 0.252 e. The van der Waals surface area contributed by atoms with E-state index in [1.54, 1.807) is 15.6 Å². The minimum absolute atomic E-state index is 0.0795. The highest BCUT2D eigenvalue weighted by molar-refractivity contribution is 6.06. The van der Waals surface area contributed by atoms with Gasteiger partial charge in [0.1, 0.15) is 0 Å². The van der Waals surface area contributed by atoms with Gasteiger partial charge in [0.25, 0.3) is 5.91 Å². The fourth-order valence-electron chi connectivity index (χ4n) is 3.90. The Morgan fingerprint density at radius 3 is 2.87 bits per heavy atom. The first kappa shape index (κ1) is 19.4. The van der Waals surface area contributed by atoms with Crippen molar-refractivity contribution in [3.63, 3.8) is 0 Å². The third-order valence-electron chi connectivity index (χ3n) is 5.63. The molecule has 0 aliphatic heterocycles. The van der Waals surface area contributed by atoms with Crippen LogP contribution in [0.1, 0.15) is 52.5 Å². The SMILES string of the molecule is Cc1nn(-c2ccccn2)c2nc(C3CC3)cc(C(=O)NCCCc3cnn(C)c3)c12. The van der Waals surface area contributed by atoms with Gasteiger partial charge in [-0.25, -0.2) is 9.97 Å². The molecule has 4 heterocycles. The number of carbonyl (C=O) groups excluding carboxylic acids is 1. The van der Waals surface area contributed by atoms with Crippen molar-refractivity contribution in [1.82, 2.24) is 34.8 Å². The van der Waals surface area contributed by atoms with Gasteiger partial charge in [-0.15, -0.1) is 0 Å². The molecule has 0 aromatic carbocycles. The molecule has 0 spiro atoms. The summed E-state index contributed by atoms with van der Waals surface area (Å²) in [6.07, 6.45) is 9.57. The highest BCUT2D eigenvalue weighted by Gasteiger charge is 2.29. The van der Waals surface area contributed by atoms with Crippen LogP contribution in [-0.2, 0) is 13.5 Å². The second kappa shape index (κ2) is 7.94. The molecule has 1 aliphatic carbocycles. The van der Waals surface area contributed by atoms with E-state index < -0.39 is 0 Å². The molecule has 0 unspecified atom stereocenters.